The molecule has 1 spiro atoms. The van der Waals surface area contributed by atoms with Crippen molar-refractivity contribution in [2.45, 2.75) is 70.7 Å². The Kier molecular flexibility index (Phi) is 6.81. The number of imidazole rings is 1. The van der Waals surface area contributed by atoms with Crippen LogP contribution in [0, 0.1) is 34.5 Å². The molecule has 0 radical (unpaired) electrons. The normalized spacial score (nSPS) is 39.5. The SMILES string of the molecule is C[C@]12CCC(=O)C(SCC(=O)NCCc3c[nH]cn3)=C1CC[C@H]1[C@@H]3CC[C@H](C(=O)CO)[C@@]34CC(OC4O)[C@@H]12. The fraction of sp³-hybridized carbons (Fsp3) is 0.714. The molecule has 1 amide bonds. The Hall–Kier alpha value is -2.01. The van der Waals surface area contributed by atoms with Crippen LogP contribution < -0.4 is 5.32 Å². The summed E-state index contributed by atoms with van der Waals surface area (Å²) in [6.07, 6.45) is 7.96. The number of amides is 1. The minimum absolute atomic E-state index is 0.0948. The summed E-state index contributed by atoms with van der Waals surface area (Å²) in [5, 5.41) is 23.7. The Labute approximate surface area is 226 Å². The number of nitrogens with zero attached hydrogens (tertiary/aromatic N) is 1. The van der Waals surface area contributed by atoms with Gasteiger partial charge in [-0.25, -0.2) is 4.98 Å². The van der Waals surface area contributed by atoms with E-state index in [0.29, 0.717) is 38.1 Å². The van der Waals surface area contributed by atoms with Crippen LogP contribution in [0.2, 0.25) is 0 Å². The zero-order valence-corrected chi connectivity index (χ0v) is 22.6. The van der Waals surface area contributed by atoms with Crippen molar-refractivity contribution in [1.82, 2.24) is 15.3 Å². The number of aliphatic hydroxyl groups excluding tert-OH is 2. The molecule has 9 nitrogen and oxygen atoms in total. The van der Waals surface area contributed by atoms with E-state index >= 15 is 0 Å². The van der Waals surface area contributed by atoms with Crippen molar-refractivity contribution in [3.05, 3.63) is 28.7 Å². The number of thioether (sulfide) groups is 1. The number of ketones is 2. The monoisotopic (exact) mass is 543 g/mol. The zero-order chi connectivity index (χ0) is 26.7. The topological polar surface area (TPSA) is 142 Å². The minimum Gasteiger partial charge on any atom is -0.389 e. The van der Waals surface area contributed by atoms with Gasteiger partial charge in [0, 0.05) is 36.9 Å². The lowest BCUT2D eigenvalue weighted by molar-refractivity contribution is -0.160. The van der Waals surface area contributed by atoms with Gasteiger partial charge < -0.3 is 25.3 Å². The quantitative estimate of drug-likeness (QED) is 0.391. The highest BCUT2D eigenvalue weighted by Crippen LogP contribution is 2.71. The first-order valence-corrected chi connectivity index (χ1v) is 14.9. The van der Waals surface area contributed by atoms with Crippen LogP contribution in [-0.2, 0) is 25.5 Å². The molecule has 4 aliphatic carbocycles. The second-order valence-electron chi connectivity index (χ2n) is 12.0. The van der Waals surface area contributed by atoms with E-state index in [0.717, 1.165) is 41.9 Å². The summed E-state index contributed by atoms with van der Waals surface area (Å²) < 4.78 is 6.27. The second-order valence-corrected chi connectivity index (χ2v) is 13.0. The van der Waals surface area contributed by atoms with Gasteiger partial charge in [-0.1, -0.05) is 6.92 Å². The molecule has 2 unspecified atom stereocenters. The van der Waals surface area contributed by atoms with Gasteiger partial charge in [-0.3, -0.25) is 14.4 Å². The third-order valence-corrected chi connectivity index (χ3v) is 11.7. The van der Waals surface area contributed by atoms with Gasteiger partial charge in [-0.2, -0.15) is 0 Å². The molecule has 1 aliphatic heterocycles. The summed E-state index contributed by atoms with van der Waals surface area (Å²) in [7, 11) is 0. The van der Waals surface area contributed by atoms with E-state index in [-0.39, 0.29) is 52.5 Å². The van der Waals surface area contributed by atoms with E-state index < -0.39 is 18.3 Å². The molecule has 10 heteroatoms. The molecule has 5 aliphatic rings. The molecule has 8 atom stereocenters. The van der Waals surface area contributed by atoms with Crippen molar-refractivity contribution in [3.63, 3.8) is 0 Å². The van der Waals surface area contributed by atoms with E-state index in [1.165, 1.54) is 11.8 Å². The summed E-state index contributed by atoms with van der Waals surface area (Å²) in [4.78, 5) is 46.2. The maximum absolute atomic E-state index is 13.1. The summed E-state index contributed by atoms with van der Waals surface area (Å²) in [6.45, 7) is 2.26. The summed E-state index contributed by atoms with van der Waals surface area (Å²) in [5.74, 6) is 0.339. The highest BCUT2D eigenvalue weighted by molar-refractivity contribution is 8.04. The van der Waals surface area contributed by atoms with Crippen molar-refractivity contribution >= 4 is 29.2 Å². The molecule has 4 N–H and O–H groups in total. The van der Waals surface area contributed by atoms with E-state index in [9.17, 15) is 24.6 Å². The first-order chi connectivity index (χ1) is 18.3. The van der Waals surface area contributed by atoms with Crippen molar-refractivity contribution in [1.29, 1.82) is 0 Å². The van der Waals surface area contributed by atoms with E-state index in [1.54, 1.807) is 6.33 Å². The number of allylic oxidation sites excluding steroid dienone is 1. The van der Waals surface area contributed by atoms with E-state index in [1.807, 2.05) is 6.20 Å². The number of carbonyl (C=O) groups excluding carboxylic acids is 3. The molecule has 4 fully saturated rings. The molecule has 0 aromatic carbocycles. The fourth-order valence-electron chi connectivity index (χ4n) is 9.02. The van der Waals surface area contributed by atoms with Gasteiger partial charge in [0.1, 0.15) is 6.61 Å². The van der Waals surface area contributed by atoms with Gasteiger partial charge in [0.25, 0.3) is 0 Å². The predicted octanol–water partition coefficient (Wildman–Crippen LogP) is 2.15. The summed E-state index contributed by atoms with van der Waals surface area (Å²) in [5.41, 5.74) is 1.21. The number of rotatable bonds is 8. The average molecular weight is 544 g/mol. The van der Waals surface area contributed by atoms with Crippen LogP contribution in [0.1, 0.15) is 57.6 Å². The number of ether oxygens (including phenoxy) is 1. The Morgan fingerprint density at radius 2 is 2.13 bits per heavy atom. The molecular formula is C28H37N3O6S. The standard InChI is InChI=1S/C28H37N3O6S/c1-27-8-6-20(33)25(38-13-23(35)30-9-7-15-11-29-14-31-15)19(27)3-2-16-17-4-5-18(21(34)12-32)28(17)10-22(24(16)27)37-26(28)36/h11,14,16-18,22,24,26,32,36H,2-10,12-13H2,1H3,(H,29,31)(H,30,35)/t16-,17-,18+,22?,24+,26?,27-,28+/m0/s1. The molecule has 6 rings (SSSR count). The molecular weight excluding hydrogens is 506 g/mol. The molecule has 1 aromatic rings. The van der Waals surface area contributed by atoms with Gasteiger partial charge in [0.2, 0.25) is 5.91 Å². The number of aromatic nitrogens is 2. The number of fused-ring (bicyclic) bond motifs is 6. The van der Waals surface area contributed by atoms with Gasteiger partial charge >= 0.3 is 0 Å². The Balaban J connectivity index is 1.21. The molecule has 1 saturated heterocycles. The van der Waals surface area contributed by atoms with Gasteiger partial charge in [0.05, 0.1) is 28.8 Å². The number of carbonyl (C=O) groups is 3. The smallest absolute Gasteiger partial charge is 0.230 e. The molecule has 206 valence electrons. The van der Waals surface area contributed by atoms with Crippen molar-refractivity contribution in [2.75, 3.05) is 18.9 Å². The minimum atomic E-state index is -0.994. The number of nitrogens with one attached hydrogen (secondary N) is 2. The van der Waals surface area contributed by atoms with Crippen LogP contribution in [0.25, 0.3) is 0 Å². The van der Waals surface area contributed by atoms with E-state index in [4.69, 9.17) is 4.74 Å². The third kappa shape index (κ3) is 3.93. The summed E-state index contributed by atoms with van der Waals surface area (Å²) in [6, 6.07) is 0. The average Bonchev–Trinajstić information content (AvgIpc) is 3.62. The van der Waals surface area contributed by atoms with Gasteiger partial charge in [-0.05, 0) is 67.3 Å². The number of hydrogen-bond acceptors (Lipinski definition) is 8. The zero-order valence-electron chi connectivity index (χ0n) is 21.8. The predicted molar refractivity (Wildman–Crippen MR) is 140 cm³/mol. The third-order valence-electron chi connectivity index (χ3n) is 10.5. The maximum atomic E-state index is 13.1. The van der Waals surface area contributed by atoms with Crippen molar-refractivity contribution in [2.24, 2.45) is 34.5 Å². The highest BCUT2D eigenvalue weighted by atomic mass is 32.2. The second kappa shape index (κ2) is 9.87. The van der Waals surface area contributed by atoms with Gasteiger partial charge in [0.15, 0.2) is 17.9 Å². The van der Waals surface area contributed by atoms with Crippen LogP contribution in [-0.4, -0.2) is 69.0 Å². The Morgan fingerprint density at radius 1 is 1.29 bits per heavy atom. The number of hydrogen-bond donors (Lipinski definition) is 4. The number of Topliss-reactive ketones (excluding diaryl/α,β-unsaturated/α-hetero) is 2. The first kappa shape index (κ1) is 26.2. The van der Waals surface area contributed by atoms with Crippen LogP contribution in [0.5, 0.6) is 0 Å². The molecule has 1 aromatic heterocycles. The lowest BCUT2D eigenvalue weighted by Gasteiger charge is -2.57. The molecule has 2 bridgehead atoms. The molecule has 3 saturated carbocycles. The summed E-state index contributed by atoms with van der Waals surface area (Å²) >= 11 is 1.36. The van der Waals surface area contributed by atoms with Gasteiger partial charge in [-0.15, -0.1) is 11.8 Å². The van der Waals surface area contributed by atoms with Crippen LogP contribution >= 0.6 is 11.8 Å². The number of H-pyrrole nitrogens is 1. The fourth-order valence-corrected chi connectivity index (χ4v) is 10.2. The number of aliphatic hydroxyl groups is 2. The largest absolute Gasteiger partial charge is 0.389 e. The Morgan fingerprint density at radius 3 is 2.89 bits per heavy atom. The first-order valence-electron chi connectivity index (χ1n) is 13.9. The van der Waals surface area contributed by atoms with Crippen LogP contribution in [0.15, 0.2) is 23.0 Å². The lowest BCUT2D eigenvalue weighted by atomic mass is 9.46. The van der Waals surface area contributed by atoms with Crippen LogP contribution in [0.3, 0.4) is 0 Å². The Bertz CT molecular complexity index is 1150. The lowest BCUT2D eigenvalue weighted by Crippen LogP contribution is -2.56. The van der Waals surface area contributed by atoms with Crippen molar-refractivity contribution in [3.8, 4) is 0 Å². The molecule has 2 heterocycles. The molecule has 38 heavy (non-hydrogen) atoms. The maximum Gasteiger partial charge on any atom is 0.230 e. The van der Waals surface area contributed by atoms with Crippen molar-refractivity contribution < 1.29 is 29.3 Å². The number of aromatic amines is 1. The van der Waals surface area contributed by atoms with E-state index in [2.05, 4.69) is 22.2 Å². The highest BCUT2D eigenvalue weighted by Gasteiger charge is 2.71. The van der Waals surface area contributed by atoms with Crippen LogP contribution in [0.4, 0.5) is 0 Å².